The highest BCUT2D eigenvalue weighted by atomic mass is 32.2. The lowest BCUT2D eigenvalue weighted by Crippen LogP contribution is -2.05. The standard InChI is InChI=1S/C9H20S/c1-5-7-10-8-6-9(2,3)4/h5-8H2,1-4H3. The third-order valence-electron chi connectivity index (χ3n) is 1.34. The van der Waals surface area contributed by atoms with Crippen LogP contribution in [-0.4, -0.2) is 11.5 Å². The van der Waals surface area contributed by atoms with Crippen molar-refractivity contribution < 1.29 is 0 Å². The Labute approximate surface area is 69.8 Å². The highest BCUT2D eigenvalue weighted by molar-refractivity contribution is 7.99. The van der Waals surface area contributed by atoms with E-state index in [9.17, 15) is 0 Å². The van der Waals surface area contributed by atoms with E-state index in [1.807, 2.05) is 0 Å². The van der Waals surface area contributed by atoms with Gasteiger partial charge in [0.2, 0.25) is 0 Å². The molecule has 0 amide bonds. The summed E-state index contributed by atoms with van der Waals surface area (Å²) in [5, 5.41) is 0. The summed E-state index contributed by atoms with van der Waals surface area (Å²) in [7, 11) is 0. The fourth-order valence-corrected chi connectivity index (χ4v) is 1.87. The van der Waals surface area contributed by atoms with Gasteiger partial charge in [-0.3, -0.25) is 0 Å². The van der Waals surface area contributed by atoms with E-state index in [2.05, 4.69) is 39.5 Å². The predicted octanol–water partition coefficient (Wildman–Crippen LogP) is 3.57. The van der Waals surface area contributed by atoms with Gasteiger partial charge in [-0.1, -0.05) is 27.7 Å². The molecule has 0 aromatic carbocycles. The average molecular weight is 160 g/mol. The lowest BCUT2D eigenvalue weighted by atomic mass is 9.94. The summed E-state index contributed by atoms with van der Waals surface area (Å²) in [6, 6.07) is 0. The minimum Gasteiger partial charge on any atom is -0.162 e. The smallest absolute Gasteiger partial charge is 0.00626 e. The topological polar surface area (TPSA) is 0 Å². The van der Waals surface area contributed by atoms with Crippen molar-refractivity contribution in [3.05, 3.63) is 0 Å². The normalized spacial score (nSPS) is 12.0. The number of hydrogen-bond acceptors (Lipinski definition) is 1. The molecule has 0 aliphatic heterocycles. The molecule has 0 bridgehead atoms. The van der Waals surface area contributed by atoms with Crippen molar-refractivity contribution in [3.8, 4) is 0 Å². The molecule has 10 heavy (non-hydrogen) atoms. The van der Waals surface area contributed by atoms with E-state index in [4.69, 9.17) is 0 Å². The molecule has 0 radical (unpaired) electrons. The lowest BCUT2D eigenvalue weighted by Gasteiger charge is -2.16. The maximum atomic E-state index is 2.31. The molecular weight excluding hydrogens is 140 g/mol. The molecule has 0 aliphatic carbocycles. The first-order valence-electron chi connectivity index (χ1n) is 4.14. The van der Waals surface area contributed by atoms with Gasteiger partial charge in [-0.2, -0.15) is 11.8 Å². The highest BCUT2D eigenvalue weighted by Gasteiger charge is 2.08. The molecule has 0 unspecified atom stereocenters. The summed E-state index contributed by atoms with van der Waals surface area (Å²) in [6.45, 7) is 9.16. The third kappa shape index (κ3) is 8.35. The largest absolute Gasteiger partial charge is 0.162 e. The molecule has 0 aromatic heterocycles. The Morgan fingerprint density at radius 2 is 1.70 bits per heavy atom. The van der Waals surface area contributed by atoms with E-state index in [1.54, 1.807) is 0 Å². The van der Waals surface area contributed by atoms with Crippen molar-refractivity contribution in [2.45, 2.75) is 40.5 Å². The van der Waals surface area contributed by atoms with E-state index < -0.39 is 0 Å². The van der Waals surface area contributed by atoms with Crippen molar-refractivity contribution in [2.75, 3.05) is 11.5 Å². The molecule has 0 N–H and O–H groups in total. The second-order valence-electron chi connectivity index (χ2n) is 3.92. The molecule has 0 aromatic rings. The fraction of sp³-hybridized carbons (Fsp3) is 1.00. The zero-order chi connectivity index (χ0) is 8.04. The zero-order valence-corrected chi connectivity index (χ0v) is 8.55. The Bertz CT molecular complexity index is 71.3. The summed E-state index contributed by atoms with van der Waals surface area (Å²) < 4.78 is 0. The number of hydrogen-bond donors (Lipinski definition) is 0. The van der Waals surface area contributed by atoms with Crippen LogP contribution in [0.4, 0.5) is 0 Å². The second-order valence-corrected chi connectivity index (χ2v) is 5.15. The van der Waals surface area contributed by atoms with Gasteiger partial charge >= 0.3 is 0 Å². The van der Waals surface area contributed by atoms with Crippen molar-refractivity contribution >= 4 is 11.8 Å². The predicted molar refractivity (Wildman–Crippen MR) is 51.7 cm³/mol. The minimum atomic E-state index is 0.529. The van der Waals surface area contributed by atoms with Crippen molar-refractivity contribution in [3.63, 3.8) is 0 Å². The summed E-state index contributed by atoms with van der Waals surface area (Å²) in [5.41, 5.74) is 0.529. The van der Waals surface area contributed by atoms with E-state index in [1.165, 1.54) is 24.3 Å². The molecule has 0 saturated carbocycles. The molecule has 0 nitrogen and oxygen atoms in total. The van der Waals surface area contributed by atoms with Gasteiger partial charge < -0.3 is 0 Å². The van der Waals surface area contributed by atoms with Gasteiger partial charge in [0, 0.05) is 0 Å². The zero-order valence-electron chi connectivity index (χ0n) is 7.74. The Morgan fingerprint density at radius 3 is 2.10 bits per heavy atom. The molecule has 0 spiro atoms. The van der Waals surface area contributed by atoms with Gasteiger partial charge in [0.1, 0.15) is 0 Å². The van der Waals surface area contributed by atoms with Crippen LogP contribution in [0.5, 0.6) is 0 Å². The Balaban J connectivity index is 3.04. The summed E-state index contributed by atoms with van der Waals surface area (Å²) in [5.74, 6) is 2.66. The van der Waals surface area contributed by atoms with Crippen LogP contribution in [0.25, 0.3) is 0 Å². The van der Waals surface area contributed by atoms with Gasteiger partial charge in [0.15, 0.2) is 0 Å². The highest BCUT2D eigenvalue weighted by Crippen LogP contribution is 2.21. The average Bonchev–Trinajstić information content (AvgIpc) is 1.78. The fourth-order valence-electron chi connectivity index (χ4n) is 0.625. The van der Waals surface area contributed by atoms with E-state index >= 15 is 0 Å². The van der Waals surface area contributed by atoms with Gasteiger partial charge in [0.05, 0.1) is 0 Å². The molecule has 62 valence electrons. The Hall–Kier alpha value is 0.350. The van der Waals surface area contributed by atoms with Crippen molar-refractivity contribution in [1.29, 1.82) is 0 Å². The van der Waals surface area contributed by atoms with Crippen LogP contribution in [0.15, 0.2) is 0 Å². The number of thioether (sulfide) groups is 1. The van der Waals surface area contributed by atoms with Crippen LogP contribution >= 0.6 is 11.8 Å². The molecule has 0 heterocycles. The monoisotopic (exact) mass is 160 g/mol. The molecule has 0 saturated heterocycles. The Kier molecular flexibility index (Phi) is 5.24. The molecule has 0 fully saturated rings. The van der Waals surface area contributed by atoms with Crippen LogP contribution in [0.2, 0.25) is 0 Å². The van der Waals surface area contributed by atoms with Crippen LogP contribution < -0.4 is 0 Å². The first kappa shape index (κ1) is 10.3. The minimum absolute atomic E-state index is 0.529. The second kappa shape index (κ2) is 5.06. The maximum absolute atomic E-state index is 2.31. The maximum Gasteiger partial charge on any atom is -0.00626 e. The van der Waals surface area contributed by atoms with Crippen LogP contribution in [0.3, 0.4) is 0 Å². The summed E-state index contributed by atoms with van der Waals surface area (Å²) >= 11 is 2.08. The Morgan fingerprint density at radius 1 is 1.10 bits per heavy atom. The molecular formula is C9H20S. The van der Waals surface area contributed by atoms with E-state index in [0.29, 0.717) is 5.41 Å². The molecule has 0 rings (SSSR count). The lowest BCUT2D eigenvalue weighted by molar-refractivity contribution is 0.401. The van der Waals surface area contributed by atoms with E-state index in [0.717, 1.165) is 0 Å². The van der Waals surface area contributed by atoms with E-state index in [-0.39, 0.29) is 0 Å². The van der Waals surface area contributed by atoms with Crippen molar-refractivity contribution in [1.82, 2.24) is 0 Å². The third-order valence-corrected chi connectivity index (χ3v) is 2.53. The summed E-state index contributed by atoms with van der Waals surface area (Å²) in [4.78, 5) is 0. The molecule has 0 atom stereocenters. The quantitative estimate of drug-likeness (QED) is 0.567. The van der Waals surface area contributed by atoms with Crippen LogP contribution in [-0.2, 0) is 0 Å². The number of rotatable bonds is 4. The molecule has 1 heteroatoms. The van der Waals surface area contributed by atoms with Crippen LogP contribution in [0, 0.1) is 5.41 Å². The summed E-state index contributed by atoms with van der Waals surface area (Å²) in [6.07, 6.45) is 2.66. The SMILES string of the molecule is CCCSCCC(C)(C)C. The van der Waals surface area contributed by atoms with Gasteiger partial charge in [0.25, 0.3) is 0 Å². The molecule has 0 aliphatic rings. The van der Waals surface area contributed by atoms with Gasteiger partial charge in [-0.25, -0.2) is 0 Å². The van der Waals surface area contributed by atoms with Crippen molar-refractivity contribution in [2.24, 2.45) is 5.41 Å². The van der Waals surface area contributed by atoms with Gasteiger partial charge in [-0.15, -0.1) is 0 Å². The first-order chi connectivity index (χ1) is 4.56. The first-order valence-corrected chi connectivity index (χ1v) is 5.29. The van der Waals surface area contributed by atoms with Gasteiger partial charge in [-0.05, 0) is 29.8 Å². The van der Waals surface area contributed by atoms with Crippen LogP contribution in [0.1, 0.15) is 40.5 Å².